The van der Waals surface area contributed by atoms with E-state index in [4.69, 9.17) is 0 Å². The first-order valence-electron chi connectivity index (χ1n) is 8.44. The molecule has 25 heavy (non-hydrogen) atoms. The Morgan fingerprint density at radius 3 is 2.52 bits per heavy atom. The zero-order valence-electron chi connectivity index (χ0n) is 13.6. The fraction of sp³-hybridized carbons (Fsp3) is 0.333. The molecule has 7 nitrogen and oxygen atoms in total. The first-order chi connectivity index (χ1) is 12.1. The van der Waals surface area contributed by atoms with Crippen molar-refractivity contribution in [3.8, 4) is 0 Å². The van der Waals surface area contributed by atoms with Gasteiger partial charge in [0.05, 0.1) is 11.1 Å². The Hall–Kier alpha value is -2.96. The average molecular weight is 338 g/mol. The summed E-state index contributed by atoms with van der Waals surface area (Å²) in [4.78, 5) is 37.7. The van der Waals surface area contributed by atoms with Crippen LogP contribution in [0.3, 0.4) is 0 Å². The summed E-state index contributed by atoms with van der Waals surface area (Å²) in [5.41, 5.74) is 1.92. The molecule has 1 aromatic heterocycles. The van der Waals surface area contributed by atoms with Gasteiger partial charge in [-0.25, -0.2) is 0 Å². The fourth-order valence-corrected chi connectivity index (χ4v) is 3.05. The van der Waals surface area contributed by atoms with E-state index in [0.29, 0.717) is 29.3 Å². The van der Waals surface area contributed by atoms with E-state index in [-0.39, 0.29) is 30.7 Å². The summed E-state index contributed by atoms with van der Waals surface area (Å²) in [7, 11) is 0. The molecule has 2 aromatic rings. The third-order valence-corrected chi connectivity index (χ3v) is 4.55. The lowest BCUT2D eigenvalue weighted by Crippen LogP contribution is -2.31. The number of nitrogens with one attached hydrogen (secondary N) is 2. The van der Waals surface area contributed by atoms with Crippen molar-refractivity contribution in [3.05, 3.63) is 47.2 Å². The van der Waals surface area contributed by atoms with Crippen molar-refractivity contribution in [1.82, 2.24) is 15.1 Å². The van der Waals surface area contributed by atoms with Crippen molar-refractivity contribution in [3.63, 3.8) is 0 Å². The fourth-order valence-electron chi connectivity index (χ4n) is 3.05. The quantitative estimate of drug-likeness (QED) is 0.790. The van der Waals surface area contributed by atoms with Crippen LogP contribution in [0.4, 0.5) is 5.82 Å². The monoisotopic (exact) mass is 338 g/mol. The second-order valence-electron chi connectivity index (χ2n) is 6.44. The molecule has 0 bridgehead atoms. The minimum Gasteiger partial charge on any atom is -0.309 e. The summed E-state index contributed by atoms with van der Waals surface area (Å²) < 4.78 is 0. The molecule has 0 atom stereocenters. The van der Waals surface area contributed by atoms with Gasteiger partial charge in [0.2, 0.25) is 5.91 Å². The molecule has 2 aliphatic rings. The van der Waals surface area contributed by atoms with Crippen LogP contribution in [-0.2, 0) is 4.79 Å². The molecule has 1 aliphatic carbocycles. The Balaban J connectivity index is 1.28. The summed E-state index contributed by atoms with van der Waals surface area (Å²) in [6.45, 7) is 0.230. The van der Waals surface area contributed by atoms with Gasteiger partial charge < -0.3 is 5.32 Å². The van der Waals surface area contributed by atoms with Gasteiger partial charge in [-0.1, -0.05) is 12.1 Å². The molecular weight excluding hydrogens is 320 g/mol. The molecule has 1 saturated carbocycles. The molecular formula is C18H18N4O3. The van der Waals surface area contributed by atoms with Crippen LogP contribution in [0.5, 0.6) is 0 Å². The van der Waals surface area contributed by atoms with Crippen molar-refractivity contribution in [2.75, 3.05) is 11.9 Å². The Bertz CT molecular complexity index is 819. The number of H-pyrrole nitrogens is 1. The highest BCUT2D eigenvalue weighted by molar-refractivity contribution is 6.21. The van der Waals surface area contributed by atoms with Crippen LogP contribution >= 0.6 is 0 Å². The molecule has 1 fully saturated rings. The maximum atomic E-state index is 12.2. The summed E-state index contributed by atoms with van der Waals surface area (Å²) in [6.07, 6.45) is 2.96. The summed E-state index contributed by atoms with van der Waals surface area (Å²) in [5, 5.41) is 9.75. The van der Waals surface area contributed by atoms with E-state index in [1.54, 1.807) is 24.3 Å². The minimum atomic E-state index is -0.289. The van der Waals surface area contributed by atoms with Crippen LogP contribution in [0.1, 0.15) is 58.0 Å². The topological polar surface area (TPSA) is 95.2 Å². The van der Waals surface area contributed by atoms with Crippen LogP contribution in [0.2, 0.25) is 0 Å². The predicted octanol–water partition coefficient (Wildman–Crippen LogP) is 2.30. The number of carbonyl (C=O) groups is 3. The van der Waals surface area contributed by atoms with Crippen molar-refractivity contribution >= 4 is 23.5 Å². The first kappa shape index (κ1) is 15.6. The number of anilines is 1. The van der Waals surface area contributed by atoms with Crippen LogP contribution in [0, 0.1) is 0 Å². The third-order valence-electron chi connectivity index (χ3n) is 4.55. The van der Waals surface area contributed by atoms with Gasteiger partial charge in [-0.3, -0.25) is 24.4 Å². The van der Waals surface area contributed by atoms with E-state index in [9.17, 15) is 14.4 Å². The Labute approximate surface area is 144 Å². The third kappa shape index (κ3) is 3.05. The number of imide groups is 1. The van der Waals surface area contributed by atoms with Crippen LogP contribution in [0.15, 0.2) is 30.3 Å². The average Bonchev–Trinajstić information content (AvgIpc) is 3.32. The number of aromatic nitrogens is 2. The van der Waals surface area contributed by atoms with Crippen LogP contribution in [-0.4, -0.2) is 39.4 Å². The molecule has 0 radical (unpaired) electrons. The van der Waals surface area contributed by atoms with Crippen molar-refractivity contribution < 1.29 is 14.4 Å². The lowest BCUT2D eigenvalue weighted by atomic mass is 10.1. The zero-order valence-corrected chi connectivity index (χ0v) is 13.6. The van der Waals surface area contributed by atoms with E-state index < -0.39 is 0 Å². The SMILES string of the molecule is O=C(CCCN1C(=O)c2ccccc2C1=O)Nc1cc(C2CC2)[nH]n1. The van der Waals surface area contributed by atoms with Gasteiger partial charge in [0.25, 0.3) is 11.8 Å². The summed E-state index contributed by atoms with van der Waals surface area (Å²) >= 11 is 0. The standard InChI is InChI=1S/C18H18N4O3/c23-16(19-15-10-14(20-21-15)11-7-8-11)6-3-9-22-17(24)12-4-1-2-5-13(12)18(22)25/h1-2,4-5,10-11H,3,6-9H2,(H2,19,20,21,23). The number of benzene rings is 1. The van der Waals surface area contributed by atoms with Crippen LogP contribution in [0.25, 0.3) is 0 Å². The lowest BCUT2D eigenvalue weighted by molar-refractivity contribution is -0.116. The largest absolute Gasteiger partial charge is 0.309 e. The molecule has 1 aliphatic heterocycles. The lowest BCUT2D eigenvalue weighted by Gasteiger charge is -2.13. The minimum absolute atomic E-state index is 0.176. The molecule has 4 rings (SSSR count). The number of carbonyl (C=O) groups excluding carboxylic acids is 3. The molecule has 1 aromatic carbocycles. The van der Waals surface area contributed by atoms with Gasteiger partial charge >= 0.3 is 0 Å². The van der Waals surface area contributed by atoms with E-state index >= 15 is 0 Å². The molecule has 128 valence electrons. The van der Waals surface area contributed by atoms with Crippen molar-refractivity contribution in [2.45, 2.75) is 31.6 Å². The number of rotatable bonds is 6. The van der Waals surface area contributed by atoms with Crippen LogP contribution < -0.4 is 5.32 Å². The van der Waals surface area contributed by atoms with Crippen molar-refractivity contribution in [1.29, 1.82) is 0 Å². The van der Waals surface area contributed by atoms with Crippen molar-refractivity contribution in [2.24, 2.45) is 0 Å². The molecule has 3 amide bonds. The number of fused-ring (bicyclic) bond motifs is 1. The molecule has 2 heterocycles. The molecule has 7 heteroatoms. The summed E-state index contributed by atoms with van der Waals surface area (Å²) in [5.74, 6) is 0.315. The van der Waals surface area contributed by atoms with Gasteiger partial charge in [-0.15, -0.1) is 0 Å². The maximum absolute atomic E-state index is 12.2. The highest BCUT2D eigenvalue weighted by atomic mass is 16.2. The van der Waals surface area contributed by atoms with E-state index in [1.165, 1.54) is 4.90 Å². The Morgan fingerprint density at radius 2 is 1.88 bits per heavy atom. The van der Waals surface area contributed by atoms with E-state index in [2.05, 4.69) is 15.5 Å². The van der Waals surface area contributed by atoms with Gasteiger partial charge in [-0.05, 0) is 31.4 Å². The number of nitrogens with zero attached hydrogens (tertiary/aromatic N) is 2. The van der Waals surface area contributed by atoms with Gasteiger partial charge in [0, 0.05) is 30.6 Å². The molecule has 2 N–H and O–H groups in total. The Morgan fingerprint density at radius 1 is 1.20 bits per heavy atom. The maximum Gasteiger partial charge on any atom is 0.261 e. The number of hydrogen-bond donors (Lipinski definition) is 2. The second kappa shape index (κ2) is 6.16. The summed E-state index contributed by atoms with van der Waals surface area (Å²) in [6, 6.07) is 8.63. The number of aromatic amines is 1. The second-order valence-corrected chi connectivity index (χ2v) is 6.44. The predicted molar refractivity (Wildman–Crippen MR) is 90.2 cm³/mol. The van der Waals surface area contributed by atoms with Gasteiger partial charge in [0.15, 0.2) is 5.82 Å². The first-order valence-corrected chi connectivity index (χ1v) is 8.44. The Kier molecular flexibility index (Phi) is 3.83. The normalized spacial score (nSPS) is 16.2. The highest BCUT2D eigenvalue weighted by Gasteiger charge is 2.34. The van der Waals surface area contributed by atoms with Gasteiger partial charge in [0.1, 0.15) is 0 Å². The molecule has 0 saturated heterocycles. The number of hydrogen-bond acceptors (Lipinski definition) is 4. The molecule has 0 unspecified atom stereocenters. The molecule has 0 spiro atoms. The van der Waals surface area contributed by atoms with E-state index in [0.717, 1.165) is 18.5 Å². The van der Waals surface area contributed by atoms with Gasteiger partial charge in [-0.2, -0.15) is 5.10 Å². The zero-order chi connectivity index (χ0) is 17.4. The number of amides is 3. The highest BCUT2D eigenvalue weighted by Crippen LogP contribution is 2.39. The van der Waals surface area contributed by atoms with E-state index in [1.807, 2.05) is 6.07 Å². The smallest absolute Gasteiger partial charge is 0.261 e.